The Hall–Kier alpha value is -3.26. The second kappa shape index (κ2) is 8.25. The summed E-state index contributed by atoms with van der Waals surface area (Å²) in [5.41, 5.74) is 1.84. The Morgan fingerprint density at radius 3 is 2.43 bits per heavy atom. The molecule has 3 N–H and O–H groups in total. The van der Waals surface area contributed by atoms with Crippen molar-refractivity contribution < 1.29 is 9.59 Å². The van der Waals surface area contributed by atoms with Crippen molar-refractivity contribution >= 4 is 17.6 Å². The SMILES string of the molecule is CNC(=O)c1ccccc1C#CCNC(=O)Nc1ccccc1. The van der Waals surface area contributed by atoms with Gasteiger partial charge in [-0.2, -0.15) is 0 Å². The molecule has 0 aliphatic carbocycles. The minimum atomic E-state index is -0.329. The van der Waals surface area contributed by atoms with Crippen LogP contribution in [0.4, 0.5) is 10.5 Å². The maximum Gasteiger partial charge on any atom is 0.319 e. The molecule has 0 aromatic heterocycles. The summed E-state index contributed by atoms with van der Waals surface area (Å²) in [5, 5.41) is 7.91. The molecule has 0 heterocycles. The number of anilines is 1. The summed E-state index contributed by atoms with van der Waals surface area (Å²) in [6.45, 7) is 0.181. The Morgan fingerprint density at radius 2 is 1.70 bits per heavy atom. The van der Waals surface area contributed by atoms with E-state index >= 15 is 0 Å². The zero-order chi connectivity index (χ0) is 16.5. The minimum Gasteiger partial charge on any atom is -0.355 e. The zero-order valence-corrected chi connectivity index (χ0v) is 12.7. The van der Waals surface area contributed by atoms with E-state index < -0.39 is 0 Å². The van der Waals surface area contributed by atoms with Crippen LogP contribution in [0.3, 0.4) is 0 Å². The Kier molecular flexibility index (Phi) is 5.78. The Labute approximate surface area is 135 Å². The van der Waals surface area contributed by atoms with Crippen LogP contribution in [0.5, 0.6) is 0 Å². The van der Waals surface area contributed by atoms with Crippen molar-refractivity contribution in [3.63, 3.8) is 0 Å². The predicted molar refractivity (Wildman–Crippen MR) is 90.2 cm³/mol. The van der Waals surface area contributed by atoms with Crippen molar-refractivity contribution in [3.8, 4) is 11.8 Å². The van der Waals surface area contributed by atoms with Gasteiger partial charge >= 0.3 is 6.03 Å². The summed E-state index contributed by atoms with van der Waals surface area (Å²) in [7, 11) is 1.57. The topological polar surface area (TPSA) is 70.2 Å². The van der Waals surface area contributed by atoms with Crippen LogP contribution in [0.1, 0.15) is 15.9 Å². The lowest BCUT2D eigenvalue weighted by Gasteiger charge is -2.04. The number of hydrogen-bond donors (Lipinski definition) is 3. The number of urea groups is 1. The fraction of sp³-hybridized carbons (Fsp3) is 0.111. The average molecular weight is 307 g/mol. The van der Waals surface area contributed by atoms with Crippen LogP contribution in [0.15, 0.2) is 54.6 Å². The number of nitrogens with one attached hydrogen (secondary N) is 3. The Morgan fingerprint density at radius 1 is 1.00 bits per heavy atom. The highest BCUT2D eigenvalue weighted by atomic mass is 16.2. The van der Waals surface area contributed by atoms with Crippen LogP contribution >= 0.6 is 0 Å². The third-order valence-electron chi connectivity index (χ3n) is 2.99. The summed E-state index contributed by atoms with van der Waals surface area (Å²) < 4.78 is 0. The summed E-state index contributed by atoms with van der Waals surface area (Å²) in [4.78, 5) is 23.4. The molecule has 0 bridgehead atoms. The Bertz CT molecular complexity index is 746. The normalized spacial score (nSPS) is 9.26. The lowest BCUT2D eigenvalue weighted by Crippen LogP contribution is -2.28. The molecule has 0 saturated heterocycles. The lowest BCUT2D eigenvalue weighted by molar-refractivity contribution is 0.0963. The average Bonchev–Trinajstić information content (AvgIpc) is 2.59. The highest BCUT2D eigenvalue weighted by Gasteiger charge is 2.06. The van der Waals surface area contributed by atoms with Crippen molar-refractivity contribution in [2.75, 3.05) is 18.9 Å². The van der Waals surface area contributed by atoms with Gasteiger partial charge in [0, 0.05) is 18.3 Å². The van der Waals surface area contributed by atoms with E-state index in [4.69, 9.17) is 0 Å². The first-order valence-corrected chi connectivity index (χ1v) is 7.10. The molecule has 0 spiro atoms. The number of carbonyl (C=O) groups excluding carboxylic acids is 2. The third-order valence-corrected chi connectivity index (χ3v) is 2.99. The standard InChI is InChI=1S/C18H17N3O2/c1-19-17(22)16-12-6-5-8-14(16)9-7-13-20-18(23)21-15-10-3-2-4-11-15/h2-6,8,10-12H,13H2,1H3,(H,19,22)(H2,20,21,23). The molecule has 0 aliphatic rings. The van der Waals surface area contributed by atoms with Gasteiger partial charge in [-0.3, -0.25) is 4.79 Å². The fourth-order valence-corrected chi connectivity index (χ4v) is 1.89. The van der Waals surface area contributed by atoms with E-state index in [2.05, 4.69) is 27.8 Å². The molecule has 23 heavy (non-hydrogen) atoms. The summed E-state index contributed by atoms with van der Waals surface area (Å²) in [5.74, 6) is 5.54. The van der Waals surface area contributed by atoms with Crippen LogP contribution in [-0.2, 0) is 0 Å². The van der Waals surface area contributed by atoms with Crippen LogP contribution in [0, 0.1) is 11.8 Å². The van der Waals surface area contributed by atoms with Crippen LogP contribution in [0.2, 0.25) is 0 Å². The highest BCUT2D eigenvalue weighted by molar-refractivity contribution is 5.96. The van der Waals surface area contributed by atoms with Crippen molar-refractivity contribution in [2.45, 2.75) is 0 Å². The van der Waals surface area contributed by atoms with Crippen LogP contribution in [0.25, 0.3) is 0 Å². The van der Waals surface area contributed by atoms with E-state index in [0.717, 1.165) is 0 Å². The summed E-state index contributed by atoms with van der Waals surface area (Å²) >= 11 is 0. The molecule has 2 rings (SSSR count). The molecule has 0 atom stereocenters. The molecule has 0 aliphatic heterocycles. The molecule has 0 radical (unpaired) electrons. The molecule has 2 aromatic carbocycles. The smallest absolute Gasteiger partial charge is 0.319 e. The van der Waals surface area contributed by atoms with E-state index in [9.17, 15) is 9.59 Å². The van der Waals surface area contributed by atoms with Gasteiger partial charge in [0.2, 0.25) is 0 Å². The van der Waals surface area contributed by atoms with Crippen LogP contribution in [-0.4, -0.2) is 25.5 Å². The van der Waals surface area contributed by atoms with Gasteiger partial charge in [-0.1, -0.05) is 42.2 Å². The number of carbonyl (C=O) groups is 2. The van der Waals surface area contributed by atoms with E-state index in [1.54, 1.807) is 37.4 Å². The molecule has 2 aromatic rings. The number of para-hydroxylation sites is 1. The first-order chi connectivity index (χ1) is 11.2. The lowest BCUT2D eigenvalue weighted by atomic mass is 10.1. The quantitative estimate of drug-likeness (QED) is 0.761. The van der Waals surface area contributed by atoms with E-state index in [0.29, 0.717) is 16.8 Å². The molecule has 0 fully saturated rings. The van der Waals surface area contributed by atoms with Crippen molar-refractivity contribution in [3.05, 3.63) is 65.7 Å². The van der Waals surface area contributed by atoms with Gasteiger partial charge in [0.05, 0.1) is 12.1 Å². The summed E-state index contributed by atoms with van der Waals surface area (Å²) in [6.07, 6.45) is 0. The maximum absolute atomic E-state index is 11.7. The number of rotatable bonds is 3. The zero-order valence-electron chi connectivity index (χ0n) is 12.7. The van der Waals surface area contributed by atoms with E-state index in [-0.39, 0.29) is 18.5 Å². The van der Waals surface area contributed by atoms with Gasteiger partial charge in [0.1, 0.15) is 0 Å². The molecular formula is C18H17N3O2. The highest BCUT2D eigenvalue weighted by Crippen LogP contribution is 2.06. The number of hydrogen-bond acceptors (Lipinski definition) is 2. The first-order valence-electron chi connectivity index (χ1n) is 7.10. The first kappa shape index (κ1) is 16.1. The minimum absolute atomic E-state index is 0.181. The van der Waals surface area contributed by atoms with Gasteiger partial charge in [-0.25, -0.2) is 4.79 Å². The second-order valence-electron chi connectivity index (χ2n) is 4.60. The molecule has 0 unspecified atom stereocenters. The van der Waals surface area contributed by atoms with Gasteiger partial charge in [0.15, 0.2) is 0 Å². The summed E-state index contributed by atoms with van der Waals surface area (Å²) in [6, 6.07) is 15.9. The molecular weight excluding hydrogens is 290 g/mol. The molecule has 0 saturated carbocycles. The molecule has 116 valence electrons. The molecule has 3 amide bonds. The van der Waals surface area contributed by atoms with Crippen molar-refractivity contribution in [1.82, 2.24) is 10.6 Å². The van der Waals surface area contributed by atoms with Crippen LogP contribution < -0.4 is 16.0 Å². The third kappa shape index (κ3) is 4.90. The van der Waals surface area contributed by atoms with Gasteiger partial charge in [0.25, 0.3) is 5.91 Å². The van der Waals surface area contributed by atoms with Crippen molar-refractivity contribution in [2.24, 2.45) is 0 Å². The van der Waals surface area contributed by atoms with Crippen molar-refractivity contribution in [1.29, 1.82) is 0 Å². The maximum atomic E-state index is 11.7. The number of amides is 3. The fourth-order valence-electron chi connectivity index (χ4n) is 1.89. The number of benzene rings is 2. The van der Waals surface area contributed by atoms with Gasteiger partial charge in [-0.15, -0.1) is 0 Å². The predicted octanol–water partition coefficient (Wildman–Crippen LogP) is 2.22. The van der Waals surface area contributed by atoms with Gasteiger partial charge < -0.3 is 16.0 Å². The van der Waals surface area contributed by atoms with E-state index in [1.807, 2.05) is 24.3 Å². The largest absolute Gasteiger partial charge is 0.355 e. The molecule has 5 heteroatoms. The Balaban J connectivity index is 1.91. The van der Waals surface area contributed by atoms with Gasteiger partial charge in [-0.05, 0) is 24.3 Å². The second-order valence-corrected chi connectivity index (χ2v) is 4.60. The molecule has 5 nitrogen and oxygen atoms in total. The monoisotopic (exact) mass is 307 g/mol. The van der Waals surface area contributed by atoms with E-state index in [1.165, 1.54) is 0 Å².